The minimum Gasteiger partial charge on any atom is -0.387 e. The molecule has 2 N–H and O–H groups in total. The molecule has 0 aromatic heterocycles. The Morgan fingerprint density at radius 1 is 1.50 bits per heavy atom. The van der Waals surface area contributed by atoms with Crippen molar-refractivity contribution in [2.45, 2.75) is 13.8 Å². The van der Waals surface area contributed by atoms with Gasteiger partial charge in [0.1, 0.15) is 5.82 Å². The van der Waals surface area contributed by atoms with E-state index in [2.05, 4.69) is 4.99 Å². The van der Waals surface area contributed by atoms with Crippen LogP contribution in [0.5, 0.6) is 0 Å². The highest BCUT2D eigenvalue weighted by molar-refractivity contribution is 5.80. The van der Waals surface area contributed by atoms with Crippen LogP contribution in [0.15, 0.2) is 23.2 Å². The molecule has 12 heavy (non-hydrogen) atoms. The van der Waals surface area contributed by atoms with Crippen LogP contribution in [0.2, 0.25) is 0 Å². The van der Waals surface area contributed by atoms with Crippen LogP contribution in [0.25, 0.3) is 0 Å². The van der Waals surface area contributed by atoms with Crippen molar-refractivity contribution in [2.24, 2.45) is 10.7 Å². The van der Waals surface area contributed by atoms with Gasteiger partial charge >= 0.3 is 0 Å². The van der Waals surface area contributed by atoms with Gasteiger partial charge in [-0.15, -0.1) is 0 Å². The molecular formula is C9H11FN2. The average Bonchev–Trinajstić information content (AvgIpc) is 1.96. The van der Waals surface area contributed by atoms with E-state index in [0.717, 1.165) is 0 Å². The van der Waals surface area contributed by atoms with E-state index in [0.29, 0.717) is 17.1 Å². The normalized spacial score (nSPS) is 11.8. The van der Waals surface area contributed by atoms with Crippen molar-refractivity contribution in [2.75, 3.05) is 0 Å². The summed E-state index contributed by atoms with van der Waals surface area (Å²) in [5.41, 5.74) is 6.64. The summed E-state index contributed by atoms with van der Waals surface area (Å²) in [4.78, 5) is 3.99. The predicted molar refractivity (Wildman–Crippen MR) is 48.1 cm³/mol. The Morgan fingerprint density at radius 2 is 2.17 bits per heavy atom. The van der Waals surface area contributed by atoms with Crippen molar-refractivity contribution in [3.05, 3.63) is 29.6 Å². The maximum atomic E-state index is 12.8. The maximum Gasteiger partial charge on any atom is 0.126 e. The molecule has 0 atom stereocenters. The number of hydrogen-bond donors (Lipinski definition) is 1. The van der Waals surface area contributed by atoms with Gasteiger partial charge < -0.3 is 5.73 Å². The summed E-state index contributed by atoms with van der Waals surface area (Å²) in [7, 11) is 0. The standard InChI is InChI=1S/C9H11FN2/c1-6-5-8(12-7(2)11)3-4-9(6)10/h3-5H,1-2H3,(H2,11,12). The highest BCUT2D eigenvalue weighted by Gasteiger charge is 1.96. The molecule has 0 heterocycles. The first kappa shape index (κ1) is 8.71. The van der Waals surface area contributed by atoms with Crippen LogP contribution >= 0.6 is 0 Å². The van der Waals surface area contributed by atoms with E-state index in [9.17, 15) is 4.39 Å². The summed E-state index contributed by atoms with van der Waals surface area (Å²) in [6.07, 6.45) is 0. The second kappa shape index (κ2) is 3.34. The Labute approximate surface area is 70.9 Å². The van der Waals surface area contributed by atoms with Crippen LogP contribution in [0, 0.1) is 12.7 Å². The number of hydrogen-bond acceptors (Lipinski definition) is 1. The van der Waals surface area contributed by atoms with Crippen LogP contribution in [-0.2, 0) is 0 Å². The number of aryl methyl sites for hydroxylation is 1. The second-order valence-electron chi connectivity index (χ2n) is 2.69. The van der Waals surface area contributed by atoms with E-state index in [1.54, 1.807) is 26.0 Å². The molecule has 0 spiro atoms. The van der Waals surface area contributed by atoms with E-state index in [1.165, 1.54) is 6.07 Å². The molecule has 0 aliphatic rings. The molecule has 0 fully saturated rings. The van der Waals surface area contributed by atoms with Gasteiger partial charge in [0.15, 0.2) is 0 Å². The van der Waals surface area contributed by atoms with E-state index in [1.807, 2.05) is 0 Å². The lowest BCUT2D eigenvalue weighted by Crippen LogP contribution is -2.03. The minimum atomic E-state index is -0.219. The Hall–Kier alpha value is -1.38. The summed E-state index contributed by atoms with van der Waals surface area (Å²) >= 11 is 0. The Balaban J connectivity index is 3.05. The topological polar surface area (TPSA) is 38.4 Å². The predicted octanol–water partition coefficient (Wildman–Crippen LogP) is 2.14. The highest BCUT2D eigenvalue weighted by atomic mass is 19.1. The fraction of sp³-hybridized carbons (Fsp3) is 0.222. The molecule has 0 aliphatic carbocycles. The van der Waals surface area contributed by atoms with Gasteiger partial charge in [-0.1, -0.05) is 0 Å². The van der Waals surface area contributed by atoms with Gasteiger partial charge in [-0.05, 0) is 37.6 Å². The molecule has 1 rings (SSSR count). The SMILES string of the molecule is CC(N)=Nc1ccc(F)c(C)c1. The first-order valence-electron chi connectivity index (χ1n) is 3.66. The lowest BCUT2D eigenvalue weighted by atomic mass is 10.2. The van der Waals surface area contributed by atoms with Gasteiger partial charge in [0, 0.05) is 0 Å². The molecule has 3 heteroatoms. The molecule has 0 radical (unpaired) electrons. The fourth-order valence-corrected chi connectivity index (χ4v) is 0.902. The molecule has 2 nitrogen and oxygen atoms in total. The fourth-order valence-electron chi connectivity index (χ4n) is 0.902. The van der Waals surface area contributed by atoms with Crippen molar-refractivity contribution >= 4 is 11.5 Å². The molecule has 0 saturated carbocycles. The zero-order valence-corrected chi connectivity index (χ0v) is 7.13. The molecule has 64 valence electrons. The summed E-state index contributed by atoms with van der Waals surface area (Å²) in [5, 5.41) is 0. The summed E-state index contributed by atoms with van der Waals surface area (Å²) < 4.78 is 12.8. The lowest BCUT2D eigenvalue weighted by Gasteiger charge is -1.98. The van der Waals surface area contributed by atoms with E-state index < -0.39 is 0 Å². The van der Waals surface area contributed by atoms with Crippen molar-refractivity contribution in [1.82, 2.24) is 0 Å². The number of nitrogens with two attached hydrogens (primary N) is 1. The van der Waals surface area contributed by atoms with E-state index in [4.69, 9.17) is 5.73 Å². The first-order valence-corrected chi connectivity index (χ1v) is 3.66. The van der Waals surface area contributed by atoms with Gasteiger partial charge in [0.25, 0.3) is 0 Å². The summed E-state index contributed by atoms with van der Waals surface area (Å²) in [5.74, 6) is 0.254. The van der Waals surface area contributed by atoms with E-state index in [-0.39, 0.29) is 5.82 Å². The van der Waals surface area contributed by atoms with Crippen LogP contribution < -0.4 is 5.73 Å². The first-order chi connectivity index (χ1) is 5.59. The largest absolute Gasteiger partial charge is 0.387 e. The molecule has 0 unspecified atom stereocenters. The quantitative estimate of drug-likeness (QED) is 0.503. The zero-order chi connectivity index (χ0) is 9.14. The molecule has 1 aromatic rings. The number of halogens is 1. The smallest absolute Gasteiger partial charge is 0.126 e. The lowest BCUT2D eigenvalue weighted by molar-refractivity contribution is 0.618. The third-order valence-electron chi connectivity index (χ3n) is 1.45. The highest BCUT2D eigenvalue weighted by Crippen LogP contribution is 2.16. The van der Waals surface area contributed by atoms with Gasteiger partial charge in [-0.3, -0.25) is 0 Å². The molecule has 0 amide bonds. The summed E-state index contributed by atoms with van der Waals surface area (Å²) in [6.45, 7) is 3.39. The van der Waals surface area contributed by atoms with Crippen LogP contribution in [0.1, 0.15) is 12.5 Å². The van der Waals surface area contributed by atoms with Crippen LogP contribution in [-0.4, -0.2) is 5.84 Å². The van der Waals surface area contributed by atoms with Gasteiger partial charge in [0.2, 0.25) is 0 Å². The van der Waals surface area contributed by atoms with E-state index >= 15 is 0 Å². The number of nitrogens with zero attached hydrogens (tertiary/aromatic N) is 1. The Bertz CT molecular complexity index is 314. The zero-order valence-electron chi connectivity index (χ0n) is 7.13. The number of aliphatic imine (C=N–C) groups is 1. The molecule has 0 saturated heterocycles. The monoisotopic (exact) mass is 166 g/mol. The van der Waals surface area contributed by atoms with Crippen molar-refractivity contribution in [3.8, 4) is 0 Å². The maximum absolute atomic E-state index is 12.8. The van der Waals surface area contributed by atoms with Crippen LogP contribution in [0.4, 0.5) is 10.1 Å². The van der Waals surface area contributed by atoms with Gasteiger partial charge in [0.05, 0.1) is 11.5 Å². The Kier molecular flexibility index (Phi) is 2.43. The van der Waals surface area contributed by atoms with Crippen molar-refractivity contribution in [3.63, 3.8) is 0 Å². The minimum absolute atomic E-state index is 0.219. The van der Waals surface area contributed by atoms with Gasteiger partial charge in [-0.2, -0.15) is 0 Å². The van der Waals surface area contributed by atoms with Gasteiger partial charge in [-0.25, -0.2) is 9.38 Å². The molecule has 1 aromatic carbocycles. The molecule has 0 bridgehead atoms. The Morgan fingerprint density at radius 3 is 2.67 bits per heavy atom. The van der Waals surface area contributed by atoms with Crippen LogP contribution in [0.3, 0.4) is 0 Å². The second-order valence-corrected chi connectivity index (χ2v) is 2.69. The average molecular weight is 166 g/mol. The number of amidine groups is 1. The van der Waals surface area contributed by atoms with Crippen molar-refractivity contribution < 1.29 is 4.39 Å². The third-order valence-corrected chi connectivity index (χ3v) is 1.45. The van der Waals surface area contributed by atoms with Crippen molar-refractivity contribution in [1.29, 1.82) is 0 Å². The molecule has 0 aliphatic heterocycles. The third kappa shape index (κ3) is 2.05. The summed E-state index contributed by atoms with van der Waals surface area (Å²) in [6, 6.07) is 4.64. The number of rotatable bonds is 1. The number of benzene rings is 1. The molecular weight excluding hydrogens is 155 g/mol.